The second-order valence-electron chi connectivity index (χ2n) is 6.66. The molecular formula is C17H17FN2O3. The summed E-state index contributed by atoms with van der Waals surface area (Å²) >= 11 is 0. The van der Waals surface area contributed by atoms with Gasteiger partial charge in [-0.3, -0.25) is 9.59 Å². The molecule has 2 fully saturated rings. The molecule has 1 amide bonds. The Hall–Kier alpha value is -2.37. The fourth-order valence-corrected chi connectivity index (χ4v) is 3.79. The van der Waals surface area contributed by atoms with Crippen molar-refractivity contribution in [2.45, 2.75) is 19.3 Å². The fraction of sp³-hybridized carbons (Fsp3) is 0.412. The molecule has 6 heteroatoms. The van der Waals surface area contributed by atoms with E-state index >= 15 is 0 Å². The number of carbonyl (C=O) groups is 2. The van der Waals surface area contributed by atoms with E-state index in [9.17, 15) is 14.0 Å². The highest BCUT2D eigenvalue weighted by molar-refractivity contribution is 5.98. The van der Waals surface area contributed by atoms with Gasteiger partial charge < -0.3 is 15.0 Å². The number of H-pyrrole nitrogens is 1. The first kappa shape index (κ1) is 14.2. The Balaban J connectivity index is 1.48. The van der Waals surface area contributed by atoms with Crippen LogP contribution in [0.1, 0.15) is 29.8 Å². The molecule has 2 heterocycles. The molecule has 1 aromatic carbocycles. The van der Waals surface area contributed by atoms with Crippen LogP contribution >= 0.6 is 0 Å². The summed E-state index contributed by atoms with van der Waals surface area (Å²) in [6.07, 6.45) is 2.21. The fourth-order valence-electron chi connectivity index (χ4n) is 3.79. The van der Waals surface area contributed by atoms with Crippen LogP contribution in [0.5, 0.6) is 0 Å². The van der Waals surface area contributed by atoms with Gasteiger partial charge in [-0.15, -0.1) is 0 Å². The van der Waals surface area contributed by atoms with Crippen molar-refractivity contribution in [1.29, 1.82) is 0 Å². The molecule has 1 spiro atoms. The van der Waals surface area contributed by atoms with Crippen molar-refractivity contribution in [3.05, 3.63) is 35.8 Å². The zero-order valence-corrected chi connectivity index (χ0v) is 12.5. The number of rotatable bonds is 2. The lowest BCUT2D eigenvalue weighted by atomic mass is 9.90. The minimum absolute atomic E-state index is 0.0911. The van der Waals surface area contributed by atoms with Crippen LogP contribution in [0.15, 0.2) is 24.3 Å². The molecule has 1 aliphatic heterocycles. The number of carbonyl (C=O) groups excluding carboxylic acids is 1. The SMILES string of the molecule is O=C(O)C1CC12CCN(C(=O)c1cc3cc(F)ccc3[nH]1)CC2. The summed E-state index contributed by atoms with van der Waals surface area (Å²) in [5, 5.41) is 9.79. The zero-order chi connectivity index (χ0) is 16.2. The molecule has 2 aromatic rings. The van der Waals surface area contributed by atoms with Crippen molar-refractivity contribution in [3.8, 4) is 0 Å². The maximum absolute atomic E-state index is 13.2. The number of piperidine rings is 1. The number of hydrogen-bond donors (Lipinski definition) is 2. The largest absolute Gasteiger partial charge is 0.481 e. The predicted octanol–water partition coefficient (Wildman–Crippen LogP) is 2.63. The highest BCUT2D eigenvalue weighted by Gasteiger charge is 2.59. The molecule has 1 saturated carbocycles. The first-order chi connectivity index (χ1) is 11.0. The minimum Gasteiger partial charge on any atom is -0.481 e. The highest BCUT2D eigenvalue weighted by Crippen LogP contribution is 2.59. The van der Waals surface area contributed by atoms with E-state index in [4.69, 9.17) is 5.11 Å². The van der Waals surface area contributed by atoms with Crippen molar-refractivity contribution >= 4 is 22.8 Å². The van der Waals surface area contributed by atoms with E-state index in [1.54, 1.807) is 17.0 Å². The Labute approximate surface area is 132 Å². The van der Waals surface area contributed by atoms with Crippen LogP contribution in [-0.4, -0.2) is 40.0 Å². The van der Waals surface area contributed by atoms with E-state index in [2.05, 4.69) is 4.98 Å². The quantitative estimate of drug-likeness (QED) is 0.894. The summed E-state index contributed by atoms with van der Waals surface area (Å²) in [7, 11) is 0. The standard InChI is InChI=1S/C17H17FN2O3/c18-11-1-2-13-10(7-11)8-14(19-13)15(21)20-5-3-17(4-6-20)9-12(17)16(22)23/h1-2,7-8,12,19H,3-6,9H2,(H,22,23). The van der Waals surface area contributed by atoms with Crippen molar-refractivity contribution in [2.75, 3.05) is 13.1 Å². The summed E-state index contributed by atoms with van der Waals surface area (Å²) in [6.45, 7) is 1.15. The minimum atomic E-state index is -0.720. The summed E-state index contributed by atoms with van der Waals surface area (Å²) in [6, 6.07) is 6.04. The number of aromatic nitrogens is 1. The van der Waals surface area contributed by atoms with Gasteiger partial charge >= 0.3 is 5.97 Å². The van der Waals surface area contributed by atoms with Gasteiger partial charge in [0.05, 0.1) is 5.92 Å². The molecule has 1 aliphatic carbocycles. The Bertz CT molecular complexity index is 805. The normalized spacial score (nSPS) is 22.5. The van der Waals surface area contributed by atoms with E-state index in [0.29, 0.717) is 24.2 Å². The van der Waals surface area contributed by atoms with Crippen molar-refractivity contribution < 1.29 is 19.1 Å². The second kappa shape index (κ2) is 4.81. The molecule has 0 radical (unpaired) electrons. The number of hydrogen-bond acceptors (Lipinski definition) is 2. The van der Waals surface area contributed by atoms with Gasteiger partial charge in [0.2, 0.25) is 0 Å². The zero-order valence-electron chi connectivity index (χ0n) is 12.5. The lowest BCUT2D eigenvalue weighted by Gasteiger charge is -2.32. The van der Waals surface area contributed by atoms with Crippen LogP contribution < -0.4 is 0 Å². The van der Waals surface area contributed by atoms with E-state index in [0.717, 1.165) is 24.8 Å². The van der Waals surface area contributed by atoms with Gasteiger partial charge in [0.25, 0.3) is 5.91 Å². The van der Waals surface area contributed by atoms with Crippen molar-refractivity contribution in [2.24, 2.45) is 11.3 Å². The van der Waals surface area contributed by atoms with Crippen LogP contribution in [0.4, 0.5) is 4.39 Å². The average Bonchev–Trinajstić information content (AvgIpc) is 3.06. The third-order valence-corrected chi connectivity index (χ3v) is 5.35. The smallest absolute Gasteiger partial charge is 0.307 e. The molecule has 1 saturated heterocycles. The molecule has 5 nitrogen and oxygen atoms in total. The molecule has 0 bridgehead atoms. The van der Waals surface area contributed by atoms with Crippen LogP contribution in [0.25, 0.3) is 10.9 Å². The summed E-state index contributed by atoms with van der Waals surface area (Å²) in [5.41, 5.74) is 1.09. The van der Waals surface area contributed by atoms with Gasteiger partial charge in [0.1, 0.15) is 11.5 Å². The topological polar surface area (TPSA) is 73.4 Å². The number of benzene rings is 1. The Kier molecular flexibility index (Phi) is 2.98. The van der Waals surface area contributed by atoms with Gasteiger partial charge in [0.15, 0.2) is 0 Å². The summed E-state index contributed by atoms with van der Waals surface area (Å²) in [4.78, 5) is 28.5. The number of nitrogens with zero attached hydrogens (tertiary/aromatic N) is 1. The first-order valence-electron chi connectivity index (χ1n) is 7.79. The molecule has 1 aromatic heterocycles. The van der Waals surface area contributed by atoms with Gasteiger partial charge in [-0.05, 0) is 48.9 Å². The molecule has 2 aliphatic rings. The second-order valence-corrected chi connectivity index (χ2v) is 6.66. The molecule has 23 heavy (non-hydrogen) atoms. The van der Waals surface area contributed by atoms with Gasteiger partial charge in [-0.1, -0.05) is 0 Å². The third-order valence-electron chi connectivity index (χ3n) is 5.35. The summed E-state index contributed by atoms with van der Waals surface area (Å²) in [5.74, 6) is -1.40. The molecule has 120 valence electrons. The Morgan fingerprint density at radius 2 is 2.00 bits per heavy atom. The maximum Gasteiger partial charge on any atom is 0.307 e. The molecule has 2 N–H and O–H groups in total. The first-order valence-corrected chi connectivity index (χ1v) is 7.79. The van der Waals surface area contributed by atoms with Gasteiger partial charge in [-0.2, -0.15) is 0 Å². The van der Waals surface area contributed by atoms with E-state index in [1.807, 2.05) is 0 Å². The van der Waals surface area contributed by atoms with Crippen molar-refractivity contribution in [1.82, 2.24) is 9.88 Å². The average molecular weight is 316 g/mol. The van der Waals surface area contributed by atoms with Crippen LogP contribution in [0.2, 0.25) is 0 Å². The van der Waals surface area contributed by atoms with Crippen molar-refractivity contribution in [3.63, 3.8) is 0 Å². The lowest BCUT2D eigenvalue weighted by Crippen LogP contribution is -2.40. The number of likely N-dealkylation sites (tertiary alicyclic amines) is 1. The van der Waals surface area contributed by atoms with E-state index in [1.165, 1.54) is 12.1 Å². The predicted molar refractivity (Wildman–Crippen MR) is 81.6 cm³/mol. The number of fused-ring (bicyclic) bond motifs is 1. The number of nitrogens with one attached hydrogen (secondary N) is 1. The number of amides is 1. The molecule has 1 unspecified atom stereocenters. The molecular weight excluding hydrogens is 299 g/mol. The van der Waals surface area contributed by atoms with Gasteiger partial charge in [0, 0.05) is 24.0 Å². The third kappa shape index (κ3) is 2.29. The number of carboxylic acids is 1. The van der Waals surface area contributed by atoms with E-state index in [-0.39, 0.29) is 23.1 Å². The van der Waals surface area contributed by atoms with Crippen LogP contribution in [-0.2, 0) is 4.79 Å². The summed E-state index contributed by atoms with van der Waals surface area (Å²) < 4.78 is 13.2. The number of aromatic amines is 1. The number of carboxylic acid groups (broad SMARTS) is 1. The molecule has 4 rings (SSSR count). The van der Waals surface area contributed by atoms with Crippen LogP contribution in [0, 0.1) is 17.2 Å². The highest BCUT2D eigenvalue weighted by atomic mass is 19.1. The van der Waals surface area contributed by atoms with E-state index < -0.39 is 5.97 Å². The Morgan fingerprint density at radius 1 is 1.26 bits per heavy atom. The number of halogens is 1. The maximum atomic E-state index is 13.2. The lowest BCUT2D eigenvalue weighted by molar-refractivity contribution is -0.139. The monoisotopic (exact) mass is 316 g/mol. The Morgan fingerprint density at radius 3 is 2.65 bits per heavy atom. The molecule has 1 atom stereocenters. The number of aliphatic carboxylic acids is 1. The van der Waals surface area contributed by atoms with Gasteiger partial charge in [-0.25, -0.2) is 4.39 Å². The van der Waals surface area contributed by atoms with Crippen LogP contribution in [0.3, 0.4) is 0 Å².